The molecule has 92 valence electrons. The summed E-state index contributed by atoms with van der Waals surface area (Å²) in [6.45, 7) is 10.8. The molecule has 1 heterocycles. The van der Waals surface area contributed by atoms with Crippen molar-refractivity contribution in [1.29, 1.82) is 0 Å². The molecule has 0 aliphatic carbocycles. The van der Waals surface area contributed by atoms with Crippen LogP contribution in [0.2, 0.25) is 0 Å². The minimum Gasteiger partial charge on any atom is -0.295 e. The first-order valence-corrected chi connectivity index (χ1v) is 6.87. The smallest absolute Gasteiger partial charge is 0.159 e. The summed E-state index contributed by atoms with van der Waals surface area (Å²) in [5.74, 6) is 0.151. The van der Waals surface area contributed by atoms with Crippen LogP contribution in [-0.4, -0.2) is 10.5 Å². The number of hydrogen-bond donors (Lipinski definition) is 0. The molecular formula is C15H20OS. The predicted molar refractivity (Wildman–Crippen MR) is 74.0 cm³/mol. The Labute approximate surface area is 108 Å². The van der Waals surface area contributed by atoms with Gasteiger partial charge >= 0.3 is 0 Å². The minimum absolute atomic E-state index is 0.148. The Bertz CT molecular complexity index is 472. The van der Waals surface area contributed by atoms with Gasteiger partial charge in [-0.15, -0.1) is 11.8 Å². The second-order valence-electron chi connectivity index (χ2n) is 6.19. The van der Waals surface area contributed by atoms with Crippen LogP contribution in [0.4, 0.5) is 0 Å². The molecule has 0 spiro atoms. The SMILES string of the molecule is CC(=O)c1ccc2c(c1)C(C)(C)CC(C)(C)S2. The quantitative estimate of drug-likeness (QED) is 0.683. The number of ketones is 1. The lowest BCUT2D eigenvalue weighted by atomic mass is 9.76. The summed E-state index contributed by atoms with van der Waals surface area (Å²) < 4.78 is 0.272. The van der Waals surface area contributed by atoms with E-state index in [1.165, 1.54) is 10.5 Å². The summed E-state index contributed by atoms with van der Waals surface area (Å²) in [4.78, 5) is 12.8. The molecule has 1 aromatic rings. The van der Waals surface area contributed by atoms with Gasteiger partial charge in [-0.05, 0) is 36.5 Å². The first-order chi connectivity index (χ1) is 7.71. The fourth-order valence-corrected chi connectivity index (χ4v) is 4.47. The number of carbonyl (C=O) groups excluding carboxylic acids is 1. The summed E-state index contributed by atoms with van der Waals surface area (Å²) in [5.41, 5.74) is 2.31. The first kappa shape index (κ1) is 12.7. The number of thioether (sulfide) groups is 1. The molecule has 1 aliphatic rings. The van der Waals surface area contributed by atoms with Gasteiger partial charge < -0.3 is 0 Å². The lowest BCUT2D eigenvalue weighted by Gasteiger charge is -2.41. The summed E-state index contributed by atoms with van der Waals surface area (Å²) in [7, 11) is 0. The summed E-state index contributed by atoms with van der Waals surface area (Å²) >= 11 is 1.93. The van der Waals surface area contributed by atoms with Gasteiger partial charge in [0.25, 0.3) is 0 Å². The monoisotopic (exact) mass is 248 g/mol. The number of carbonyl (C=O) groups is 1. The van der Waals surface area contributed by atoms with E-state index in [2.05, 4.69) is 39.8 Å². The highest BCUT2D eigenvalue weighted by Gasteiger charge is 2.38. The second-order valence-corrected chi connectivity index (χ2v) is 7.94. The van der Waals surface area contributed by atoms with Crippen molar-refractivity contribution >= 4 is 17.5 Å². The van der Waals surface area contributed by atoms with Crippen LogP contribution < -0.4 is 0 Å². The van der Waals surface area contributed by atoms with E-state index in [4.69, 9.17) is 0 Å². The van der Waals surface area contributed by atoms with Gasteiger partial charge in [0.15, 0.2) is 5.78 Å². The van der Waals surface area contributed by atoms with Crippen molar-refractivity contribution in [3.8, 4) is 0 Å². The summed E-state index contributed by atoms with van der Waals surface area (Å²) in [6.07, 6.45) is 1.14. The van der Waals surface area contributed by atoms with Crippen LogP contribution >= 0.6 is 11.8 Å². The van der Waals surface area contributed by atoms with Crippen LogP contribution in [0.15, 0.2) is 23.1 Å². The van der Waals surface area contributed by atoms with Crippen molar-refractivity contribution in [3.63, 3.8) is 0 Å². The van der Waals surface area contributed by atoms with Crippen molar-refractivity contribution in [2.45, 2.75) is 56.1 Å². The standard InChI is InChI=1S/C15H20OS/c1-10(16)11-6-7-13-12(8-11)14(2,3)9-15(4,5)17-13/h6-8H,9H2,1-5H3. The number of benzene rings is 1. The molecule has 17 heavy (non-hydrogen) atoms. The molecule has 0 fully saturated rings. The zero-order valence-electron chi connectivity index (χ0n) is 11.3. The molecule has 0 amide bonds. The molecule has 1 aromatic carbocycles. The molecule has 1 nitrogen and oxygen atoms in total. The number of rotatable bonds is 1. The van der Waals surface area contributed by atoms with Crippen LogP contribution in [0.1, 0.15) is 57.0 Å². The van der Waals surface area contributed by atoms with E-state index in [0.29, 0.717) is 0 Å². The van der Waals surface area contributed by atoms with E-state index in [1.54, 1.807) is 6.92 Å². The fraction of sp³-hybridized carbons (Fsp3) is 0.533. The Morgan fingerprint density at radius 1 is 1.24 bits per heavy atom. The highest BCUT2D eigenvalue weighted by molar-refractivity contribution is 8.00. The van der Waals surface area contributed by atoms with E-state index in [9.17, 15) is 4.79 Å². The second kappa shape index (κ2) is 3.88. The Balaban J connectivity index is 2.55. The highest BCUT2D eigenvalue weighted by atomic mass is 32.2. The maximum Gasteiger partial charge on any atom is 0.159 e. The summed E-state index contributed by atoms with van der Waals surface area (Å²) in [5, 5.41) is 0. The van der Waals surface area contributed by atoms with Crippen LogP contribution in [0, 0.1) is 0 Å². The van der Waals surface area contributed by atoms with Gasteiger partial charge in [0.05, 0.1) is 0 Å². The van der Waals surface area contributed by atoms with Crippen LogP contribution in [0.25, 0.3) is 0 Å². The molecule has 2 rings (SSSR count). The van der Waals surface area contributed by atoms with Crippen molar-refractivity contribution in [2.75, 3.05) is 0 Å². The Hall–Kier alpha value is -0.760. The van der Waals surface area contributed by atoms with E-state index < -0.39 is 0 Å². The van der Waals surface area contributed by atoms with Crippen LogP contribution in [0.5, 0.6) is 0 Å². The van der Waals surface area contributed by atoms with Crippen molar-refractivity contribution < 1.29 is 4.79 Å². The average molecular weight is 248 g/mol. The highest BCUT2D eigenvalue weighted by Crippen LogP contribution is 2.50. The predicted octanol–water partition coefficient (Wildman–Crippen LogP) is 4.44. The van der Waals surface area contributed by atoms with Gasteiger partial charge in [0, 0.05) is 15.2 Å². The van der Waals surface area contributed by atoms with Crippen LogP contribution in [-0.2, 0) is 5.41 Å². The Kier molecular flexibility index (Phi) is 2.89. The third-order valence-electron chi connectivity index (χ3n) is 3.37. The number of hydrogen-bond acceptors (Lipinski definition) is 2. The molecule has 0 unspecified atom stereocenters. The normalized spacial score (nSPS) is 20.8. The lowest BCUT2D eigenvalue weighted by molar-refractivity contribution is 0.101. The van der Waals surface area contributed by atoms with E-state index in [-0.39, 0.29) is 15.9 Å². The molecule has 0 atom stereocenters. The van der Waals surface area contributed by atoms with Gasteiger partial charge in [-0.2, -0.15) is 0 Å². The van der Waals surface area contributed by atoms with Gasteiger partial charge in [-0.3, -0.25) is 4.79 Å². The average Bonchev–Trinajstić information content (AvgIpc) is 2.13. The largest absolute Gasteiger partial charge is 0.295 e. The maximum atomic E-state index is 11.5. The molecule has 0 saturated carbocycles. The van der Waals surface area contributed by atoms with E-state index in [0.717, 1.165) is 12.0 Å². The van der Waals surface area contributed by atoms with Crippen molar-refractivity contribution in [2.24, 2.45) is 0 Å². The first-order valence-electron chi connectivity index (χ1n) is 6.06. The number of fused-ring (bicyclic) bond motifs is 1. The molecule has 1 aliphatic heterocycles. The van der Waals surface area contributed by atoms with E-state index in [1.807, 2.05) is 17.8 Å². The molecule has 0 aromatic heterocycles. The third kappa shape index (κ3) is 2.42. The third-order valence-corrected chi connectivity index (χ3v) is 4.64. The molecule has 2 heteroatoms. The molecule has 0 N–H and O–H groups in total. The van der Waals surface area contributed by atoms with Gasteiger partial charge in [0.1, 0.15) is 0 Å². The molecule has 0 bridgehead atoms. The zero-order valence-corrected chi connectivity index (χ0v) is 12.1. The molecular weight excluding hydrogens is 228 g/mol. The minimum atomic E-state index is 0.148. The Morgan fingerprint density at radius 2 is 1.88 bits per heavy atom. The molecule has 0 radical (unpaired) electrons. The fourth-order valence-electron chi connectivity index (χ4n) is 2.86. The van der Waals surface area contributed by atoms with Crippen LogP contribution in [0.3, 0.4) is 0 Å². The Morgan fingerprint density at radius 3 is 2.47 bits per heavy atom. The summed E-state index contributed by atoms with van der Waals surface area (Å²) in [6, 6.07) is 6.14. The zero-order chi connectivity index (χ0) is 12.8. The number of Topliss-reactive ketones (excluding diaryl/α,β-unsaturated/α-hetero) is 1. The van der Waals surface area contributed by atoms with Crippen molar-refractivity contribution in [3.05, 3.63) is 29.3 Å². The van der Waals surface area contributed by atoms with Crippen molar-refractivity contribution in [1.82, 2.24) is 0 Å². The van der Waals surface area contributed by atoms with Gasteiger partial charge in [-0.25, -0.2) is 0 Å². The van der Waals surface area contributed by atoms with E-state index >= 15 is 0 Å². The van der Waals surface area contributed by atoms with Gasteiger partial charge in [0.2, 0.25) is 0 Å². The molecule has 0 saturated heterocycles. The van der Waals surface area contributed by atoms with Gasteiger partial charge in [-0.1, -0.05) is 33.8 Å². The topological polar surface area (TPSA) is 17.1 Å². The lowest BCUT2D eigenvalue weighted by Crippen LogP contribution is -2.33. The maximum absolute atomic E-state index is 11.5.